The zero-order valence-corrected chi connectivity index (χ0v) is 12.8. The highest BCUT2D eigenvalue weighted by molar-refractivity contribution is 7.99. The van der Waals surface area contributed by atoms with Gasteiger partial charge >= 0.3 is 0 Å². The molecule has 1 atom stereocenters. The molecule has 4 nitrogen and oxygen atoms in total. The van der Waals surface area contributed by atoms with Gasteiger partial charge in [-0.05, 0) is 32.9 Å². The van der Waals surface area contributed by atoms with Crippen LogP contribution in [0.1, 0.15) is 31.1 Å². The van der Waals surface area contributed by atoms with Gasteiger partial charge in [0.15, 0.2) is 0 Å². The Kier molecular flexibility index (Phi) is 6.31. The number of hydrogen-bond acceptors (Lipinski definition) is 3. The maximum Gasteiger partial charge on any atom is 0.253 e. The van der Waals surface area contributed by atoms with Crippen molar-refractivity contribution in [2.24, 2.45) is 5.73 Å². The predicted molar refractivity (Wildman–Crippen MR) is 82.7 cm³/mol. The molecule has 3 N–H and O–H groups in total. The molecule has 0 fully saturated rings. The highest BCUT2D eigenvalue weighted by Crippen LogP contribution is 2.23. The van der Waals surface area contributed by atoms with E-state index in [9.17, 15) is 9.59 Å². The lowest BCUT2D eigenvalue weighted by Crippen LogP contribution is -2.42. The first kappa shape index (κ1) is 16.3. The number of carbonyl (C=O) groups excluding carboxylic acids is 2. The number of thioether (sulfide) groups is 1. The second kappa shape index (κ2) is 7.75. The Morgan fingerprint density at radius 1 is 1.35 bits per heavy atom. The summed E-state index contributed by atoms with van der Waals surface area (Å²) < 4.78 is 0. The minimum Gasteiger partial charge on any atom is -0.368 e. The number of amides is 2. The van der Waals surface area contributed by atoms with Crippen LogP contribution in [0.2, 0.25) is 0 Å². The van der Waals surface area contributed by atoms with Gasteiger partial charge in [0.05, 0.1) is 5.56 Å². The maximum absolute atomic E-state index is 12.1. The molecule has 0 unspecified atom stereocenters. The van der Waals surface area contributed by atoms with Gasteiger partial charge in [0.2, 0.25) is 5.91 Å². The number of benzene rings is 1. The first-order valence-electron chi connectivity index (χ1n) is 6.37. The Morgan fingerprint density at radius 2 is 2.00 bits per heavy atom. The summed E-state index contributed by atoms with van der Waals surface area (Å²) in [6.45, 7) is 5.64. The van der Waals surface area contributed by atoms with Gasteiger partial charge in [0.25, 0.3) is 5.91 Å². The van der Waals surface area contributed by atoms with Crippen molar-refractivity contribution in [3.05, 3.63) is 41.5 Å². The topological polar surface area (TPSA) is 72.2 Å². The Balaban J connectivity index is 2.81. The average molecular weight is 292 g/mol. The summed E-state index contributed by atoms with van der Waals surface area (Å²) in [5.74, 6) is -0.0255. The fourth-order valence-electron chi connectivity index (χ4n) is 1.42. The lowest BCUT2D eigenvalue weighted by Gasteiger charge is -2.12. The summed E-state index contributed by atoms with van der Waals surface area (Å²) in [7, 11) is 0. The van der Waals surface area contributed by atoms with Crippen molar-refractivity contribution >= 4 is 23.6 Å². The normalized spacial score (nSPS) is 11.6. The Morgan fingerprint density at radius 3 is 2.60 bits per heavy atom. The fraction of sp³-hybridized carbons (Fsp3) is 0.333. The quantitative estimate of drug-likeness (QED) is 0.624. The van der Waals surface area contributed by atoms with E-state index in [-0.39, 0.29) is 5.91 Å². The van der Waals surface area contributed by atoms with E-state index in [1.165, 1.54) is 5.57 Å². The highest BCUT2D eigenvalue weighted by atomic mass is 32.2. The molecule has 1 aromatic rings. The van der Waals surface area contributed by atoms with E-state index in [1.54, 1.807) is 30.8 Å². The molecule has 0 saturated carbocycles. The van der Waals surface area contributed by atoms with E-state index < -0.39 is 11.9 Å². The van der Waals surface area contributed by atoms with Crippen molar-refractivity contribution in [3.8, 4) is 0 Å². The van der Waals surface area contributed by atoms with Crippen molar-refractivity contribution in [1.82, 2.24) is 5.32 Å². The molecule has 0 spiro atoms. The SMILES string of the molecule is CC(C)=CCSc1ccccc1C(=O)N[C@H](C)C(N)=O. The second-order valence-corrected chi connectivity index (χ2v) is 5.75. The first-order valence-corrected chi connectivity index (χ1v) is 7.35. The molecule has 0 radical (unpaired) electrons. The van der Waals surface area contributed by atoms with E-state index >= 15 is 0 Å². The number of hydrogen-bond donors (Lipinski definition) is 2. The van der Waals surface area contributed by atoms with Crippen molar-refractivity contribution in [3.63, 3.8) is 0 Å². The molecule has 5 heteroatoms. The zero-order chi connectivity index (χ0) is 15.1. The summed E-state index contributed by atoms with van der Waals surface area (Å²) in [6, 6.07) is 6.65. The molecule has 0 aliphatic rings. The maximum atomic E-state index is 12.1. The minimum atomic E-state index is -0.682. The lowest BCUT2D eigenvalue weighted by atomic mass is 10.2. The molecular weight excluding hydrogens is 272 g/mol. The van der Waals surface area contributed by atoms with E-state index in [4.69, 9.17) is 5.73 Å². The van der Waals surface area contributed by atoms with Gasteiger partial charge < -0.3 is 11.1 Å². The van der Waals surface area contributed by atoms with Crippen molar-refractivity contribution in [2.45, 2.75) is 31.7 Å². The molecule has 0 heterocycles. The Labute approximate surface area is 123 Å². The summed E-state index contributed by atoms with van der Waals surface area (Å²) >= 11 is 1.59. The van der Waals surface area contributed by atoms with Crippen molar-refractivity contribution < 1.29 is 9.59 Å². The molecule has 0 aromatic heterocycles. The smallest absolute Gasteiger partial charge is 0.253 e. The zero-order valence-electron chi connectivity index (χ0n) is 12.0. The third-order valence-corrected chi connectivity index (χ3v) is 3.64. The van der Waals surface area contributed by atoms with Gasteiger partial charge in [0, 0.05) is 10.6 Å². The molecule has 0 aliphatic carbocycles. The van der Waals surface area contributed by atoms with Crippen LogP contribution in [0.3, 0.4) is 0 Å². The number of rotatable bonds is 6. The average Bonchev–Trinajstić information content (AvgIpc) is 2.38. The predicted octanol–water partition coefficient (Wildman–Crippen LogP) is 2.35. The standard InChI is InChI=1S/C15H20N2O2S/c1-10(2)8-9-20-13-7-5-4-6-12(13)15(19)17-11(3)14(16)18/h4-8,11H,9H2,1-3H3,(H2,16,18)(H,17,19)/t11-/m1/s1. The third kappa shape index (κ3) is 5.09. The molecular formula is C15H20N2O2S. The monoisotopic (exact) mass is 292 g/mol. The van der Waals surface area contributed by atoms with Crippen LogP contribution in [-0.2, 0) is 4.79 Å². The molecule has 0 saturated heterocycles. The number of allylic oxidation sites excluding steroid dienone is 1. The van der Waals surface area contributed by atoms with Crippen LogP contribution >= 0.6 is 11.8 Å². The van der Waals surface area contributed by atoms with E-state index in [0.717, 1.165) is 10.6 Å². The van der Waals surface area contributed by atoms with Crippen LogP contribution < -0.4 is 11.1 Å². The summed E-state index contributed by atoms with van der Waals surface area (Å²) in [4.78, 5) is 24.0. The second-order valence-electron chi connectivity index (χ2n) is 4.69. The van der Waals surface area contributed by atoms with Crippen LogP contribution in [0.25, 0.3) is 0 Å². The molecule has 1 aromatic carbocycles. The number of carbonyl (C=O) groups is 2. The van der Waals surface area contributed by atoms with Crippen molar-refractivity contribution in [2.75, 3.05) is 5.75 Å². The third-order valence-electron chi connectivity index (χ3n) is 2.64. The van der Waals surface area contributed by atoms with Gasteiger partial charge in [-0.3, -0.25) is 9.59 Å². The summed E-state index contributed by atoms with van der Waals surface area (Å²) in [5.41, 5.74) is 6.95. The van der Waals surface area contributed by atoms with E-state index in [1.807, 2.05) is 26.0 Å². The van der Waals surface area contributed by atoms with Gasteiger partial charge in [-0.1, -0.05) is 23.8 Å². The number of nitrogens with one attached hydrogen (secondary N) is 1. The molecule has 20 heavy (non-hydrogen) atoms. The van der Waals surface area contributed by atoms with E-state index in [0.29, 0.717) is 5.56 Å². The van der Waals surface area contributed by atoms with Crippen LogP contribution in [-0.4, -0.2) is 23.6 Å². The Hall–Kier alpha value is -1.75. The van der Waals surface area contributed by atoms with Gasteiger partial charge in [-0.2, -0.15) is 0 Å². The summed E-state index contributed by atoms with van der Waals surface area (Å²) in [6.07, 6.45) is 2.10. The number of nitrogens with two attached hydrogens (primary N) is 1. The molecule has 1 rings (SSSR count). The van der Waals surface area contributed by atoms with E-state index in [2.05, 4.69) is 11.4 Å². The fourth-order valence-corrected chi connectivity index (χ4v) is 2.51. The van der Waals surface area contributed by atoms with Crippen LogP contribution in [0.5, 0.6) is 0 Å². The Bertz CT molecular complexity index is 522. The van der Waals surface area contributed by atoms with Gasteiger partial charge in [-0.15, -0.1) is 11.8 Å². The molecule has 108 valence electrons. The molecule has 2 amide bonds. The molecule has 0 aliphatic heterocycles. The van der Waals surface area contributed by atoms with Crippen LogP contribution in [0.4, 0.5) is 0 Å². The minimum absolute atomic E-state index is 0.281. The summed E-state index contributed by atoms with van der Waals surface area (Å²) in [5, 5.41) is 2.59. The first-order chi connectivity index (χ1) is 9.41. The lowest BCUT2D eigenvalue weighted by molar-refractivity contribution is -0.119. The number of primary amides is 1. The van der Waals surface area contributed by atoms with Gasteiger partial charge in [0.1, 0.15) is 6.04 Å². The van der Waals surface area contributed by atoms with Crippen molar-refractivity contribution in [1.29, 1.82) is 0 Å². The molecule has 0 bridgehead atoms. The largest absolute Gasteiger partial charge is 0.368 e. The van der Waals surface area contributed by atoms with Crippen LogP contribution in [0.15, 0.2) is 40.8 Å². The highest BCUT2D eigenvalue weighted by Gasteiger charge is 2.16. The van der Waals surface area contributed by atoms with Gasteiger partial charge in [-0.25, -0.2) is 0 Å². The van der Waals surface area contributed by atoms with Crippen LogP contribution in [0, 0.1) is 0 Å².